The highest BCUT2D eigenvalue weighted by molar-refractivity contribution is 7.87. The van der Waals surface area contributed by atoms with Crippen molar-refractivity contribution in [1.29, 1.82) is 0 Å². The Bertz CT molecular complexity index is 4400. The fourth-order valence-electron chi connectivity index (χ4n) is 11.1. The second-order valence-electron chi connectivity index (χ2n) is 22.6. The van der Waals surface area contributed by atoms with Crippen molar-refractivity contribution in [3.8, 4) is 0 Å². The molecule has 8 rings (SSSR count). The Morgan fingerprint density at radius 2 is 1.49 bits per heavy atom. The van der Waals surface area contributed by atoms with Gasteiger partial charge in [-0.15, -0.1) is 0 Å². The lowest BCUT2D eigenvalue weighted by Gasteiger charge is -2.26. The number of nitrogens with zero attached hydrogens (tertiary/aromatic N) is 5. The number of carboxylic acid groups (broad SMARTS) is 1. The number of carboxylic acids is 1. The number of benzene rings is 4. The van der Waals surface area contributed by atoms with Gasteiger partial charge < -0.3 is 46.5 Å². The van der Waals surface area contributed by atoms with Crippen LogP contribution >= 0.6 is 0 Å². The SMILES string of the molecule is CCN1/C(=C/C=C/C=C/C2=[N+](CCCCS(=O)(=O)O)c3ccc(C(=O)NCCOCCOCCNC(=O)CC[C@H](NC(=O)c4ccc(NCc5cnc6nc(N)[nH]c(=O)c6n5)cc4)C(=O)O)cc3C2(C)C)C(C)(C)c2c1ccc1c(S(=O)(=O)O)cc(S(=O)(=O)O)cc21. The van der Waals surface area contributed by atoms with Gasteiger partial charge in [0, 0.05) is 89.2 Å². The molecule has 0 saturated heterocycles. The molecule has 2 aliphatic heterocycles. The molecule has 0 unspecified atom stereocenters. The third kappa shape index (κ3) is 16.6. The van der Waals surface area contributed by atoms with Gasteiger partial charge in [0.25, 0.3) is 47.7 Å². The molecule has 2 aliphatic rings. The highest BCUT2D eigenvalue weighted by Gasteiger charge is 2.45. The molecule has 0 spiro atoms. The van der Waals surface area contributed by atoms with Crippen LogP contribution in [-0.2, 0) is 66.8 Å². The fraction of sp³-hybridized carbons (Fsp3) is 0.361. The van der Waals surface area contributed by atoms with E-state index in [2.05, 4.69) is 45.8 Å². The number of nitrogen functional groups attached to an aromatic ring is 1. The highest BCUT2D eigenvalue weighted by Crippen LogP contribution is 2.52. The predicted octanol–water partition coefficient (Wildman–Crippen LogP) is 4.95. The van der Waals surface area contributed by atoms with Gasteiger partial charge in [-0.3, -0.25) is 37.8 Å². The van der Waals surface area contributed by atoms with Crippen molar-refractivity contribution >= 4 is 105 Å². The molecule has 0 aliphatic carbocycles. The van der Waals surface area contributed by atoms with Crippen molar-refractivity contribution < 1.29 is 77.2 Å². The molecule has 2 aromatic heterocycles. The van der Waals surface area contributed by atoms with Crippen molar-refractivity contribution in [3.63, 3.8) is 0 Å². The number of H-pyrrole nitrogens is 1. The van der Waals surface area contributed by atoms with Gasteiger partial charge >= 0.3 is 5.97 Å². The number of amides is 3. The van der Waals surface area contributed by atoms with Crippen molar-refractivity contribution in [2.75, 3.05) is 74.3 Å². The first kappa shape index (κ1) is 69.1. The zero-order chi connectivity index (χ0) is 66.9. The topological polar surface area (TPSA) is 422 Å². The summed E-state index contributed by atoms with van der Waals surface area (Å²) in [5.74, 6) is -3.26. The van der Waals surface area contributed by atoms with Crippen LogP contribution in [0.1, 0.15) is 97.8 Å². The van der Waals surface area contributed by atoms with Crippen LogP contribution in [-0.4, -0.2) is 162 Å². The van der Waals surface area contributed by atoms with E-state index >= 15 is 0 Å². The summed E-state index contributed by atoms with van der Waals surface area (Å²) in [6.07, 6.45) is 11.0. The number of aliphatic carboxylic acids is 1. The molecule has 11 N–H and O–H groups in total. The molecule has 0 bridgehead atoms. The molecule has 31 heteroatoms. The van der Waals surface area contributed by atoms with E-state index in [1.807, 2.05) is 82.0 Å². The molecule has 92 heavy (non-hydrogen) atoms. The predicted molar refractivity (Wildman–Crippen MR) is 342 cm³/mol. The Morgan fingerprint density at radius 1 is 0.793 bits per heavy atom. The molecule has 0 fully saturated rings. The first-order valence-corrected chi connectivity index (χ1v) is 33.6. The van der Waals surface area contributed by atoms with Crippen LogP contribution in [0.3, 0.4) is 0 Å². The van der Waals surface area contributed by atoms with Crippen molar-refractivity contribution in [2.24, 2.45) is 0 Å². The zero-order valence-electron chi connectivity index (χ0n) is 50.9. The third-order valence-corrected chi connectivity index (χ3v) is 18.1. The fourth-order valence-corrected chi connectivity index (χ4v) is 13.0. The number of hydrogen-bond donors (Lipinski definition) is 10. The highest BCUT2D eigenvalue weighted by atomic mass is 32.2. The van der Waals surface area contributed by atoms with Gasteiger partial charge in [-0.2, -0.15) is 34.8 Å². The average molecular weight is 1330 g/mol. The number of nitrogens with two attached hydrogens (primary N) is 1. The lowest BCUT2D eigenvalue weighted by Crippen LogP contribution is -2.41. The number of fused-ring (bicyclic) bond motifs is 5. The van der Waals surface area contributed by atoms with Crippen LogP contribution in [0.2, 0.25) is 0 Å². The Kier molecular flexibility index (Phi) is 21.6. The molecule has 28 nitrogen and oxygen atoms in total. The van der Waals surface area contributed by atoms with E-state index in [4.69, 9.17) is 15.2 Å². The van der Waals surface area contributed by atoms with Gasteiger partial charge in [0.15, 0.2) is 16.9 Å². The van der Waals surface area contributed by atoms with Gasteiger partial charge in [-0.05, 0) is 105 Å². The smallest absolute Gasteiger partial charge is 0.326 e. The maximum Gasteiger partial charge on any atom is 0.326 e. The van der Waals surface area contributed by atoms with E-state index in [1.165, 1.54) is 30.5 Å². The second kappa shape index (κ2) is 28.8. The minimum atomic E-state index is -4.92. The second-order valence-corrected chi connectivity index (χ2v) is 27.0. The first-order valence-electron chi connectivity index (χ1n) is 29.1. The minimum Gasteiger partial charge on any atom is -0.480 e. The number of carbonyl (C=O) groups excluding carboxylic acids is 3. The van der Waals surface area contributed by atoms with Crippen LogP contribution in [0.15, 0.2) is 124 Å². The number of aromatic amines is 1. The Labute approximate surface area is 530 Å². The van der Waals surface area contributed by atoms with E-state index < -0.39 is 86.1 Å². The van der Waals surface area contributed by atoms with Crippen LogP contribution in [0.4, 0.5) is 23.0 Å². The maximum absolute atomic E-state index is 13.5. The lowest BCUT2D eigenvalue weighted by atomic mass is 9.80. The lowest BCUT2D eigenvalue weighted by molar-refractivity contribution is -0.438. The van der Waals surface area contributed by atoms with Crippen LogP contribution in [0.25, 0.3) is 21.9 Å². The van der Waals surface area contributed by atoms with Gasteiger partial charge in [-0.1, -0.05) is 38.1 Å². The Balaban J connectivity index is 0.782. The molecule has 4 heterocycles. The summed E-state index contributed by atoms with van der Waals surface area (Å²) in [5.41, 5.74) is 9.79. The standard InChI is InChI=1S/C61H71N11O17S3/c1-6-71-47-22-19-42-43(33-41(91(82,83)84)34-48(42)92(85,86)87)52(47)61(4,5)50(71)13-9-7-8-12-49-60(2,3)44-32-38(16-21-46(44)72(49)26-10-11-31-90(79,80)81)55(74)64-25-28-89-30-29-88-27-24-63-51(73)23-20-45(58(77)78)68-56(75)37-14-17-39(18-15-37)65-35-40-36-66-54-53(67-40)57(76)70-59(62)69-54/h7-9,12-19,21-22,32-34,36,45H,6,10-11,20,23-31,35H2,1-5H3,(H10-,62,63,64,65,66,68,69,70,73,74,75,76,77,78,79,80,81,82,83,84,85,86,87)/p+1/t45-/m0/s1. The van der Waals surface area contributed by atoms with Gasteiger partial charge in [-0.25, -0.2) is 14.8 Å². The number of aromatic nitrogens is 4. The van der Waals surface area contributed by atoms with Crippen LogP contribution in [0.5, 0.6) is 0 Å². The average Bonchev–Trinajstić information content (AvgIpc) is 1.52. The molecular formula is C61H72N11O17S3+. The molecule has 6 aromatic rings. The number of likely N-dealkylation sites (N-methyl/N-ethyl adjacent to an activating group) is 1. The molecule has 490 valence electrons. The van der Waals surface area contributed by atoms with E-state index in [0.29, 0.717) is 47.7 Å². The third-order valence-electron chi connectivity index (χ3n) is 15.5. The van der Waals surface area contributed by atoms with Gasteiger partial charge in [0.2, 0.25) is 17.5 Å². The number of rotatable bonds is 30. The minimum absolute atomic E-state index is 0.0265. The van der Waals surface area contributed by atoms with Gasteiger partial charge in [0.05, 0.1) is 60.9 Å². The molecular weight excluding hydrogens is 1250 g/mol. The number of ether oxygens (including phenoxy) is 2. The molecule has 3 amide bonds. The van der Waals surface area contributed by atoms with E-state index in [-0.39, 0.29) is 105 Å². The molecule has 0 radical (unpaired) electrons. The summed E-state index contributed by atoms with van der Waals surface area (Å²) in [4.78, 5) is 78.5. The zero-order valence-corrected chi connectivity index (χ0v) is 53.4. The number of nitrogens with one attached hydrogen (secondary N) is 5. The summed E-state index contributed by atoms with van der Waals surface area (Å²) in [6.45, 7) is 11.7. The number of allylic oxidation sites excluding steroid dienone is 6. The summed E-state index contributed by atoms with van der Waals surface area (Å²) in [5, 5.41) is 21.1. The Morgan fingerprint density at radius 3 is 2.15 bits per heavy atom. The van der Waals surface area contributed by atoms with Crippen LogP contribution < -0.4 is 37.5 Å². The number of anilines is 3. The summed E-state index contributed by atoms with van der Waals surface area (Å²) >= 11 is 0. The van der Waals surface area contributed by atoms with E-state index in [9.17, 15) is 68.0 Å². The quantitative estimate of drug-likeness (QED) is 0.0123. The first-order chi connectivity index (χ1) is 43.4. The summed E-state index contributed by atoms with van der Waals surface area (Å²) in [6, 6.07) is 15.3. The van der Waals surface area contributed by atoms with Crippen molar-refractivity contribution in [3.05, 3.63) is 147 Å². The Hall–Kier alpha value is -8.82. The van der Waals surface area contributed by atoms with Crippen molar-refractivity contribution in [2.45, 2.75) is 93.5 Å². The summed E-state index contributed by atoms with van der Waals surface area (Å²) in [7, 11) is -14.0. The monoisotopic (exact) mass is 1330 g/mol. The largest absolute Gasteiger partial charge is 0.480 e. The number of unbranched alkanes of at least 4 members (excludes halogenated alkanes) is 1. The number of hydrogen-bond acceptors (Lipinski definition) is 19. The molecule has 0 saturated carbocycles. The van der Waals surface area contributed by atoms with Crippen LogP contribution in [0, 0.1) is 0 Å². The molecule has 1 atom stereocenters. The maximum atomic E-state index is 13.5. The summed E-state index contributed by atoms with van der Waals surface area (Å²) < 4.78 is 116. The molecule has 4 aromatic carbocycles. The van der Waals surface area contributed by atoms with E-state index in [0.717, 1.165) is 28.7 Å². The van der Waals surface area contributed by atoms with Gasteiger partial charge in [0.1, 0.15) is 17.5 Å². The van der Waals surface area contributed by atoms with Crippen molar-refractivity contribution in [1.82, 2.24) is 35.9 Å². The normalized spacial score (nSPS) is 15.3. The number of carbonyl (C=O) groups is 4. The van der Waals surface area contributed by atoms with E-state index in [1.54, 1.807) is 24.3 Å².